The van der Waals surface area contributed by atoms with Gasteiger partial charge in [0.25, 0.3) is 0 Å². The van der Waals surface area contributed by atoms with Crippen LogP contribution in [0.2, 0.25) is 0 Å². The van der Waals surface area contributed by atoms with Gasteiger partial charge < -0.3 is 74.7 Å². The van der Waals surface area contributed by atoms with E-state index in [4.69, 9.17) is 23.7 Å². The zero-order chi connectivity index (χ0) is 24.9. The molecule has 34 heavy (non-hydrogen) atoms. The van der Waals surface area contributed by atoms with Crippen LogP contribution >= 0.6 is 0 Å². The summed E-state index contributed by atoms with van der Waals surface area (Å²) in [6.07, 6.45) is -20.3. The molecular formula is C19H32O15. The number of epoxide rings is 1. The van der Waals surface area contributed by atoms with E-state index in [-0.39, 0.29) is 0 Å². The molecule has 0 aromatic heterocycles. The van der Waals surface area contributed by atoms with E-state index in [1.807, 2.05) is 0 Å². The summed E-state index contributed by atoms with van der Waals surface area (Å²) in [5.41, 5.74) is 0. The lowest BCUT2D eigenvalue weighted by molar-refractivity contribution is -0.383. The van der Waals surface area contributed by atoms with Gasteiger partial charge in [-0.05, 0) is 0 Å². The Morgan fingerprint density at radius 1 is 0.500 bits per heavy atom. The summed E-state index contributed by atoms with van der Waals surface area (Å²) in [6.45, 7) is -1.95. The Labute approximate surface area is 193 Å². The molecular weight excluding hydrogens is 468 g/mol. The third kappa shape index (κ3) is 4.60. The van der Waals surface area contributed by atoms with Crippen molar-refractivity contribution in [3.05, 3.63) is 0 Å². The second-order valence-corrected chi connectivity index (χ2v) is 9.02. The van der Waals surface area contributed by atoms with E-state index in [9.17, 15) is 51.1 Å². The maximum Gasteiger partial charge on any atom is 0.187 e. The van der Waals surface area contributed by atoms with E-state index in [1.165, 1.54) is 0 Å². The van der Waals surface area contributed by atoms with Gasteiger partial charge in [-0.3, -0.25) is 0 Å². The van der Waals surface area contributed by atoms with Crippen LogP contribution in [0.3, 0.4) is 0 Å². The maximum absolute atomic E-state index is 10.5. The molecule has 0 amide bonds. The van der Waals surface area contributed by atoms with Gasteiger partial charge in [-0.2, -0.15) is 0 Å². The molecule has 10 N–H and O–H groups in total. The number of hydrogen-bond donors (Lipinski definition) is 10. The third-order valence-corrected chi connectivity index (χ3v) is 6.96. The van der Waals surface area contributed by atoms with Gasteiger partial charge >= 0.3 is 0 Å². The van der Waals surface area contributed by atoms with Crippen LogP contribution in [0.5, 0.6) is 0 Å². The van der Waals surface area contributed by atoms with Gasteiger partial charge in [0.1, 0.15) is 54.9 Å². The van der Waals surface area contributed by atoms with E-state index < -0.39 is 118 Å². The van der Waals surface area contributed by atoms with Crippen molar-refractivity contribution in [1.82, 2.24) is 0 Å². The standard InChI is InChI=1S/C19H32O15/c20-1-4-13(9(25)10(26)16-15(4)31-16)32-18-5(2-21)14(12(28)17(29)34-18)33-19-11(27)8(24)7(23)6(3-22)30-19/h4-29H,1-3H2/t4-,5+,6+,7+,8-,9-,10+,11+,12-,13+,14+,15+,16-,17+,18+,19-/m0/s1. The quantitative estimate of drug-likeness (QED) is 0.146. The first kappa shape index (κ1) is 26.5. The molecule has 3 saturated heterocycles. The zero-order valence-electron chi connectivity index (χ0n) is 17.9. The van der Waals surface area contributed by atoms with E-state index in [0.29, 0.717) is 0 Å². The molecule has 3 heterocycles. The Hall–Kier alpha value is -0.600. The van der Waals surface area contributed by atoms with E-state index in [1.54, 1.807) is 0 Å². The second-order valence-electron chi connectivity index (χ2n) is 9.02. The molecule has 1 aliphatic carbocycles. The van der Waals surface area contributed by atoms with Crippen LogP contribution in [0.1, 0.15) is 0 Å². The molecule has 0 aromatic carbocycles. The summed E-state index contributed by atoms with van der Waals surface area (Å²) >= 11 is 0. The Bertz CT molecular complexity index is 682. The number of aliphatic hydroxyl groups excluding tert-OH is 10. The molecule has 4 fully saturated rings. The number of hydrogen-bond acceptors (Lipinski definition) is 15. The average molecular weight is 500 g/mol. The predicted molar refractivity (Wildman–Crippen MR) is 102 cm³/mol. The highest BCUT2D eigenvalue weighted by atomic mass is 16.8. The molecule has 3 aliphatic heterocycles. The summed E-state index contributed by atoms with van der Waals surface area (Å²) < 4.78 is 27.1. The molecule has 0 unspecified atom stereocenters. The Morgan fingerprint density at radius 2 is 1.12 bits per heavy atom. The lowest BCUT2D eigenvalue weighted by Gasteiger charge is -2.47. The fourth-order valence-corrected chi connectivity index (χ4v) is 4.86. The Kier molecular flexibility index (Phi) is 8.10. The molecule has 1 saturated carbocycles. The Balaban J connectivity index is 1.52. The van der Waals surface area contributed by atoms with Crippen molar-refractivity contribution in [3.8, 4) is 0 Å². The highest BCUT2D eigenvalue weighted by molar-refractivity contribution is 5.08. The average Bonchev–Trinajstić information content (AvgIpc) is 3.61. The molecule has 15 nitrogen and oxygen atoms in total. The molecule has 0 aromatic rings. The highest BCUT2D eigenvalue weighted by Gasteiger charge is 2.62. The summed E-state index contributed by atoms with van der Waals surface area (Å²) in [5, 5.41) is 101. The van der Waals surface area contributed by atoms with Crippen LogP contribution in [0.25, 0.3) is 0 Å². The first-order valence-electron chi connectivity index (χ1n) is 11.0. The van der Waals surface area contributed by atoms with E-state index >= 15 is 0 Å². The molecule has 15 heteroatoms. The minimum atomic E-state index is -1.93. The van der Waals surface area contributed by atoms with Gasteiger partial charge in [0.05, 0.1) is 37.9 Å². The fraction of sp³-hybridized carbons (Fsp3) is 1.00. The van der Waals surface area contributed by atoms with Gasteiger partial charge in [0.15, 0.2) is 18.9 Å². The first-order chi connectivity index (χ1) is 16.1. The topological polar surface area (TPSA) is 252 Å². The first-order valence-corrected chi connectivity index (χ1v) is 11.0. The van der Waals surface area contributed by atoms with Crippen LogP contribution < -0.4 is 0 Å². The van der Waals surface area contributed by atoms with Gasteiger partial charge in [-0.15, -0.1) is 0 Å². The number of ether oxygens (including phenoxy) is 5. The Morgan fingerprint density at radius 3 is 1.74 bits per heavy atom. The van der Waals surface area contributed by atoms with Crippen molar-refractivity contribution >= 4 is 0 Å². The molecule has 0 bridgehead atoms. The molecule has 4 aliphatic rings. The second kappa shape index (κ2) is 10.4. The van der Waals surface area contributed by atoms with E-state index in [0.717, 1.165) is 0 Å². The summed E-state index contributed by atoms with van der Waals surface area (Å²) in [4.78, 5) is 0. The van der Waals surface area contributed by atoms with Crippen LogP contribution in [0.15, 0.2) is 0 Å². The minimum Gasteiger partial charge on any atom is -0.396 e. The van der Waals surface area contributed by atoms with Crippen molar-refractivity contribution in [1.29, 1.82) is 0 Å². The molecule has 0 spiro atoms. The zero-order valence-corrected chi connectivity index (χ0v) is 17.9. The normalized spacial score (nSPS) is 55.6. The van der Waals surface area contributed by atoms with Crippen molar-refractivity contribution < 1.29 is 74.7 Å². The van der Waals surface area contributed by atoms with Gasteiger partial charge in [-0.1, -0.05) is 0 Å². The third-order valence-electron chi connectivity index (χ3n) is 6.96. The van der Waals surface area contributed by atoms with E-state index in [2.05, 4.69) is 0 Å². The highest BCUT2D eigenvalue weighted by Crippen LogP contribution is 2.43. The predicted octanol–water partition coefficient (Wildman–Crippen LogP) is -6.69. The molecule has 4 rings (SSSR count). The van der Waals surface area contributed by atoms with Crippen molar-refractivity contribution in [2.24, 2.45) is 11.8 Å². The number of fused-ring (bicyclic) bond motifs is 1. The number of rotatable bonds is 7. The summed E-state index contributed by atoms with van der Waals surface area (Å²) in [5.74, 6) is -2.02. The lowest BCUT2D eigenvalue weighted by atomic mass is 9.82. The molecule has 0 radical (unpaired) electrons. The summed E-state index contributed by atoms with van der Waals surface area (Å²) in [7, 11) is 0. The largest absolute Gasteiger partial charge is 0.396 e. The molecule has 16 atom stereocenters. The van der Waals surface area contributed by atoms with Crippen molar-refractivity contribution in [2.75, 3.05) is 19.8 Å². The van der Waals surface area contributed by atoms with Gasteiger partial charge in [-0.25, -0.2) is 0 Å². The van der Waals surface area contributed by atoms with Gasteiger partial charge in [0, 0.05) is 5.92 Å². The van der Waals surface area contributed by atoms with Crippen LogP contribution in [0.4, 0.5) is 0 Å². The minimum absolute atomic E-state index is 0.470. The lowest BCUT2D eigenvalue weighted by Crippen LogP contribution is -2.64. The summed E-state index contributed by atoms with van der Waals surface area (Å²) in [6, 6.07) is 0. The van der Waals surface area contributed by atoms with Crippen LogP contribution in [-0.2, 0) is 23.7 Å². The number of aliphatic hydroxyl groups is 10. The fourth-order valence-electron chi connectivity index (χ4n) is 4.86. The smallest absolute Gasteiger partial charge is 0.187 e. The monoisotopic (exact) mass is 500 g/mol. The van der Waals surface area contributed by atoms with Gasteiger partial charge in [0.2, 0.25) is 0 Å². The van der Waals surface area contributed by atoms with Crippen molar-refractivity contribution in [2.45, 2.75) is 86.0 Å². The van der Waals surface area contributed by atoms with Crippen LogP contribution in [0, 0.1) is 11.8 Å². The molecule has 198 valence electrons. The SMILES string of the molecule is OC[C@@H]1[C@H]2O[C@H]2[C@H](O)[C@H](O)[C@@H]1O[C@@H]1O[C@@H](O)[C@@H](O)[C@H](O[C@@H]2O[C@H](CO)[C@@H](O)[C@H](O)[C@H]2O)[C@H]1CO. The van der Waals surface area contributed by atoms with Crippen LogP contribution in [-0.4, -0.2) is 157 Å². The van der Waals surface area contributed by atoms with Crippen molar-refractivity contribution in [3.63, 3.8) is 0 Å². The maximum atomic E-state index is 10.5.